The van der Waals surface area contributed by atoms with Gasteiger partial charge in [-0.3, -0.25) is 9.69 Å². The Bertz CT molecular complexity index is 709. The maximum absolute atomic E-state index is 12.2. The molecule has 1 amide bonds. The van der Waals surface area contributed by atoms with E-state index in [0.717, 1.165) is 25.5 Å². The lowest BCUT2D eigenvalue weighted by Gasteiger charge is -2.33. The number of aryl methyl sites for hydroxylation is 1. The summed E-state index contributed by atoms with van der Waals surface area (Å²) in [6.07, 6.45) is 1.86. The Labute approximate surface area is 146 Å². The van der Waals surface area contributed by atoms with Gasteiger partial charge in [-0.05, 0) is 26.0 Å². The number of fused-ring (bicyclic) bond motifs is 1. The Kier molecular flexibility index (Phi) is 5.33. The summed E-state index contributed by atoms with van der Waals surface area (Å²) in [5, 5.41) is 2.83. The molecule has 2 aromatic rings. The highest BCUT2D eigenvalue weighted by Gasteiger charge is 2.27. The van der Waals surface area contributed by atoms with E-state index in [1.807, 2.05) is 17.5 Å². The zero-order valence-corrected chi connectivity index (χ0v) is 15.2. The molecule has 0 fully saturated rings. The van der Waals surface area contributed by atoms with E-state index >= 15 is 0 Å². The van der Waals surface area contributed by atoms with E-state index in [0.29, 0.717) is 18.8 Å². The van der Waals surface area contributed by atoms with Gasteiger partial charge in [0.05, 0.1) is 12.6 Å². The van der Waals surface area contributed by atoms with Crippen LogP contribution in [0.25, 0.3) is 0 Å². The first kappa shape index (κ1) is 17.1. The molecule has 3 heterocycles. The third-order valence-corrected chi connectivity index (χ3v) is 5.32. The normalized spacial score (nSPS) is 17.7. The van der Waals surface area contributed by atoms with Crippen molar-refractivity contribution in [3.05, 3.63) is 39.6 Å². The first-order valence-electron chi connectivity index (χ1n) is 8.22. The molecule has 0 radical (unpaired) electrons. The van der Waals surface area contributed by atoms with Gasteiger partial charge in [0, 0.05) is 49.2 Å². The van der Waals surface area contributed by atoms with Gasteiger partial charge in [0.2, 0.25) is 0 Å². The Morgan fingerprint density at radius 2 is 2.29 bits per heavy atom. The van der Waals surface area contributed by atoms with Crippen LogP contribution in [-0.2, 0) is 17.8 Å². The van der Waals surface area contributed by atoms with Crippen LogP contribution < -0.4 is 5.32 Å². The number of amides is 1. The molecular weight excluding hydrogens is 324 g/mol. The number of ether oxygens (including phenoxy) is 1. The van der Waals surface area contributed by atoms with Crippen molar-refractivity contribution in [2.75, 3.05) is 26.8 Å². The summed E-state index contributed by atoms with van der Waals surface area (Å²) < 4.78 is 7.06. The van der Waals surface area contributed by atoms with E-state index in [1.54, 1.807) is 7.11 Å². The molecule has 1 N–H and O–H groups in total. The predicted octanol–water partition coefficient (Wildman–Crippen LogP) is 2.21. The molecule has 0 spiro atoms. The fourth-order valence-electron chi connectivity index (χ4n) is 2.99. The maximum Gasteiger partial charge on any atom is 0.271 e. The second-order valence-electron chi connectivity index (χ2n) is 6.09. The molecule has 24 heavy (non-hydrogen) atoms. The number of nitrogens with zero attached hydrogens (tertiary/aromatic N) is 3. The number of carbonyl (C=O) groups excluding carboxylic acids is 1. The number of rotatable bonds is 6. The number of carbonyl (C=O) groups is 1. The lowest BCUT2D eigenvalue weighted by atomic mass is 10.2. The molecule has 1 aliphatic rings. The van der Waals surface area contributed by atoms with E-state index in [4.69, 9.17) is 4.74 Å². The van der Waals surface area contributed by atoms with Crippen LogP contribution in [0.4, 0.5) is 0 Å². The van der Waals surface area contributed by atoms with Crippen molar-refractivity contribution in [3.63, 3.8) is 0 Å². The van der Waals surface area contributed by atoms with E-state index in [1.165, 1.54) is 9.75 Å². The van der Waals surface area contributed by atoms with Gasteiger partial charge in [-0.1, -0.05) is 0 Å². The fraction of sp³-hybridized carbons (Fsp3) is 0.529. The van der Waals surface area contributed by atoms with Crippen LogP contribution in [0, 0.1) is 6.92 Å². The lowest BCUT2D eigenvalue weighted by molar-refractivity contribution is 0.0932. The smallest absolute Gasteiger partial charge is 0.271 e. The average Bonchev–Trinajstić information content (AvgIpc) is 3.17. The van der Waals surface area contributed by atoms with Crippen molar-refractivity contribution in [2.45, 2.75) is 33.0 Å². The van der Waals surface area contributed by atoms with Gasteiger partial charge in [0.15, 0.2) is 0 Å². The fourth-order valence-corrected chi connectivity index (χ4v) is 3.90. The van der Waals surface area contributed by atoms with Crippen molar-refractivity contribution in [1.29, 1.82) is 0 Å². The Balaban J connectivity index is 1.68. The molecule has 1 aliphatic heterocycles. The first-order chi connectivity index (χ1) is 11.6. The summed E-state index contributed by atoms with van der Waals surface area (Å²) >= 11 is 1.84. The van der Waals surface area contributed by atoms with Gasteiger partial charge in [0.25, 0.3) is 5.91 Å². The van der Waals surface area contributed by atoms with Gasteiger partial charge >= 0.3 is 0 Å². The summed E-state index contributed by atoms with van der Waals surface area (Å²) in [4.78, 5) is 21.9. The first-order valence-corrected chi connectivity index (χ1v) is 9.03. The second kappa shape index (κ2) is 7.46. The molecule has 0 saturated heterocycles. The summed E-state index contributed by atoms with van der Waals surface area (Å²) in [6.45, 7) is 8.05. The lowest BCUT2D eigenvalue weighted by Crippen LogP contribution is -2.36. The Hall–Kier alpha value is -1.70. The minimum atomic E-state index is -0.137. The third kappa shape index (κ3) is 3.68. The van der Waals surface area contributed by atoms with Crippen molar-refractivity contribution in [1.82, 2.24) is 19.8 Å². The molecule has 130 valence electrons. The zero-order valence-electron chi connectivity index (χ0n) is 14.4. The minimum Gasteiger partial charge on any atom is -0.383 e. The highest BCUT2D eigenvalue weighted by atomic mass is 32.1. The van der Waals surface area contributed by atoms with Crippen molar-refractivity contribution < 1.29 is 9.53 Å². The molecule has 0 unspecified atom stereocenters. The maximum atomic E-state index is 12.2. The Morgan fingerprint density at radius 1 is 1.46 bits per heavy atom. The zero-order chi connectivity index (χ0) is 17.1. The summed E-state index contributed by atoms with van der Waals surface area (Å²) in [5.74, 6) is 0.827. The quantitative estimate of drug-likeness (QED) is 0.813. The van der Waals surface area contributed by atoms with E-state index in [2.05, 4.69) is 45.7 Å². The molecule has 6 nitrogen and oxygen atoms in total. The SMILES string of the molecule is COCCNC(=O)c1cn2c(n1)[C@H](C)N(Cc1ccc(C)s1)CC2. The largest absolute Gasteiger partial charge is 0.383 e. The molecule has 0 bridgehead atoms. The van der Waals surface area contributed by atoms with Gasteiger partial charge in [0.1, 0.15) is 11.5 Å². The van der Waals surface area contributed by atoms with E-state index in [-0.39, 0.29) is 11.9 Å². The van der Waals surface area contributed by atoms with Crippen molar-refractivity contribution >= 4 is 17.2 Å². The molecular formula is C17H24N4O2S. The van der Waals surface area contributed by atoms with Gasteiger partial charge in [-0.25, -0.2) is 4.98 Å². The van der Waals surface area contributed by atoms with Gasteiger partial charge in [-0.15, -0.1) is 11.3 Å². The van der Waals surface area contributed by atoms with Gasteiger partial charge < -0.3 is 14.6 Å². The number of thiophene rings is 1. The number of methoxy groups -OCH3 is 1. The van der Waals surface area contributed by atoms with E-state index in [9.17, 15) is 4.79 Å². The molecule has 3 rings (SSSR count). The summed E-state index contributed by atoms with van der Waals surface area (Å²) in [5.41, 5.74) is 0.488. The number of nitrogens with one attached hydrogen (secondary N) is 1. The molecule has 7 heteroatoms. The topological polar surface area (TPSA) is 59.4 Å². The number of hydrogen-bond donors (Lipinski definition) is 1. The van der Waals surface area contributed by atoms with Crippen molar-refractivity contribution in [3.8, 4) is 0 Å². The van der Waals surface area contributed by atoms with Crippen LogP contribution in [0.3, 0.4) is 0 Å². The van der Waals surface area contributed by atoms with Crippen LogP contribution in [0.5, 0.6) is 0 Å². The summed E-state index contributed by atoms with van der Waals surface area (Å²) in [6, 6.07) is 4.56. The number of aromatic nitrogens is 2. The minimum absolute atomic E-state index is 0.137. The van der Waals surface area contributed by atoms with E-state index < -0.39 is 0 Å². The van der Waals surface area contributed by atoms with Crippen LogP contribution in [0.1, 0.15) is 39.0 Å². The average molecular weight is 348 g/mol. The third-order valence-electron chi connectivity index (χ3n) is 4.34. The predicted molar refractivity (Wildman–Crippen MR) is 94.3 cm³/mol. The molecule has 0 aliphatic carbocycles. The Morgan fingerprint density at radius 3 is 3.00 bits per heavy atom. The number of hydrogen-bond acceptors (Lipinski definition) is 5. The van der Waals surface area contributed by atoms with Crippen LogP contribution in [-0.4, -0.2) is 47.2 Å². The molecule has 2 aromatic heterocycles. The van der Waals surface area contributed by atoms with Crippen LogP contribution in [0.15, 0.2) is 18.3 Å². The molecule has 0 aromatic carbocycles. The summed E-state index contributed by atoms with van der Waals surface area (Å²) in [7, 11) is 1.62. The standard InChI is InChI=1S/C17H24N4O2S/c1-12-4-5-14(24-12)10-20-7-8-21-11-15(19-16(21)13(20)2)17(22)18-6-9-23-3/h4-5,11,13H,6-10H2,1-3H3,(H,18,22)/t13-/m0/s1. The highest BCUT2D eigenvalue weighted by molar-refractivity contribution is 7.11. The molecule has 0 saturated carbocycles. The van der Waals surface area contributed by atoms with Crippen molar-refractivity contribution in [2.24, 2.45) is 0 Å². The highest BCUT2D eigenvalue weighted by Crippen LogP contribution is 2.28. The van der Waals surface area contributed by atoms with Crippen LogP contribution in [0.2, 0.25) is 0 Å². The number of imidazole rings is 1. The second-order valence-corrected chi connectivity index (χ2v) is 7.46. The molecule has 1 atom stereocenters. The van der Waals surface area contributed by atoms with Crippen LogP contribution >= 0.6 is 11.3 Å². The monoisotopic (exact) mass is 348 g/mol. The van der Waals surface area contributed by atoms with Gasteiger partial charge in [-0.2, -0.15) is 0 Å².